The molecule has 5 heteroatoms. The van der Waals surface area contributed by atoms with Gasteiger partial charge in [0.2, 0.25) is 0 Å². The highest BCUT2D eigenvalue weighted by molar-refractivity contribution is 6.00. The first kappa shape index (κ1) is 14.4. The Hall–Kier alpha value is -2.56. The number of nitrogens with two attached hydrogens (primary N) is 1. The third-order valence-electron chi connectivity index (χ3n) is 3.82. The van der Waals surface area contributed by atoms with Crippen molar-refractivity contribution in [3.63, 3.8) is 0 Å². The van der Waals surface area contributed by atoms with Crippen LogP contribution in [0.1, 0.15) is 30.9 Å². The lowest BCUT2D eigenvalue weighted by Gasteiger charge is -2.31. The van der Waals surface area contributed by atoms with Gasteiger partial charge in [-0.25, -0.2) is 5.01 Å². The van der Waals surface area contributed by atoms with E-state index in [2.05, 4.69) is 43.2 Å². The number of carbonyl (C=O) groups excluding carboxylic acids is 1. The van der Waals surface area contributed by atoms with E-state index in [0.717, 1.165) is 11.4 Å². The Balaban J connectivity index is 1.77. The molecule has 0 aliphatic carbocycles. The predicted octanol–water partition coefficient (Wildman–Crippen LogP) is 2.14. The number of hydrogen-bond acceptors (Lipinski definition) is 4. The van der Waals surface area contributed by atoms with Crippen LogP contribution < -0.4 is 5.73 Å². The Bertz CT molecular complexity index is 670. The van der Waals surface area contributed by atoms with Gasteiger partial charge in [0, 0.05) is 11.9 Å². The number of amides is 1. The van der Waals surface area contributed by atoms with E-state index in [4.69, 9.17) is 5.73 Å². The SMILES string of the molecule is CC(C)c1ccc(CN2N=C3C=CC(N)=CN3CC2=O)cc1. The Morgan fingerprint density at radius 3 is 2.64 bits per heavy atom. The van der Waals surface area contributed by atoms with Gasteiger partial charge in [-0.05, 0) is 29.2 Å². The van der Waals surface area contributed by atoms with Crippen molar-refractivity contribution < 1.29 is 4.79 Å². The molecule has 0 spiro atoms. The zero-order chi connectivity index (χ0) is 15.7. The summed E-state index contributed by atoms with van der Waals surface area (Å²) in [6.07, 6.45) is 5.36. The van der Waals surface area contributed by atoms with E-state index in [1.54, 1.807) is 17.2 Å². The van der Waals surface area contributed by atoms with E-state index in [1.807, 2.05) is 6.08 Å². The summed E-state index contributed by atoms with van der Waals surface area (Å²) in [6.45, 7) is 5.09. The highest BCUT2D eigenvalue weighted by atomic mass is 16.2. The van der Waals surface area contributed by atoms with Gasteiger partial charge in [0.1, 0.15) is 6.54 Å². The molecule has 3 rings (SSSR count). The average Bonchev–Trinajstić information content (AvgIpc) is 2.49. The van der Waals surface area contributed by atoms with Crippen LogP contribution in [0, 0.1) is 0 Å². The molecule has 0 saturated heterocycles. The van der Waals surface area contributed by atoms with Crippen LogP contribution in [0.25, 0.3) is 0 Å². The van der Waals surface area contributed by atoms with E-state index in [9.17, 15) is 4.79 Å². The molecule has 2 heterocycles. The van der Waals surface area contributed by atoms with Crippen LogP contribution in [0.4, 0.5) is 0 Å². The molecular formula is C17H20N4O. The molecule has 0 fully saturated rings. The molecule has 2 aliphatic heterocycles. The Morgan fingerprint density at radius 1 is 1.23 bits per heavy atom. The average molecular weight is 296 g/mol. The number of hydrogen-bond donors (Lipinski definition) is 1. The molecule has 0 radical (unpaired) electrons. The maximum atomic E-state index is 12.2. The van der Waals surface area contributed by atoms with Crippen LogP contribution in [0.3, 0.4) is 0 Å². The maximum absolute atomic E-state index is 12.2. The van der Waals surface area contributed by atoms with Crippen molar-refractivity contribution in [3.8, 4) is 0 Å². The molecule has 0 atom stereocenters. The van der Waals surface area contributed by atoms with Crippen molar-refractivity contribution in [1.29, 1.82) is 0 Å². The van der Waals surface area contributed by atoms with Gasteiger partial charge in [0.15, 0.2) is 5.84 Å². The summed E-state index contributed by atoms with van der Waals surface area (Å²) in [7, 11) is 0. The molecule has 1 aromatic rings. The molecule has 0 saturated carbocycles. The number of amidine groups is 1. The second-order valence-corrected chi connectivity index (χ2v) is 5.90. The van der Waals surface area contributed by atoms with Crippen molar-refractivity contribution in [2.45, 2.75) is 26.3 Å². The van der Waals surface area contributed by atoms with Crippen LogP contribution in [-0.2, 0) is 11.3 Å². The van der Waals surface area contributed by atoms with Crippen LogP contribution in [0.2, 0.25) is 0 Å². The largest absolute Gasteiger partial charge is 0.398 e. The molecule has 114 valence electrons. The lowest BCUT2D eigenvalue weighted by atomic mass is 10.0. The number of allylic oxidation sites excluding steroid dienone is 1. The number of hydrazone groups is 1. The summed E-state index contributed by atoms with van der Waals surface area (Å²) in [5.74, 6) is 1.22. The highest BCUT2D eigenvalue weighted by Gasteiger charge is 2.25. The van der Waals surface area contributed by atoms with Crippen LogP contribution in [0.5, 0.6) is 0 Å². The first-order chi connectivity index (χ1) is 10.5. The molecule has 1 amide bonds. The molecule has 0 unspecified atom stereocenters. The number of carbonyl (C=O) groups is 1. The fourth-order valence-electron chi connectivity index (χ4n) is 2.48. The zero-order valence-electron chi connectivity index (χ0n) is 12.9. The van der Waals surface area contributed by atoms with E-state index < -0.39 is 0 Å². The molecule has 2 N–H and O–H groups in total. The summed E-state index contributed by atoms with van der Waals surface area (Å²) >= 11 is 0. The normalized spacial score (nSPS) is 17.5. The van der Waals surface area contributed by atoms with Gasteiger partial charge < -0.3 is 10.6 Å². The second-order valence-electron chi connectivity index (χ2n) is 5.90. The summed E-state index contributed by atoms with van der Waals surface area (Å²) in [4.78, 5) is 14.0. The fraction of sp³-hybridized carbons (Fsp3) is 0.294. The molecule has 1 aromatic carbocycles. The number of rotatable bonds is 3. The van der Waals surface area contributed by atoms with E-state index in [-0.39, 0.29) is 12.5 Å². The van der Waals surface area contributed by atoms with Gasteiger partial charge >= 0.3 is 0 Å². The minimum atomic E-state index is -0.0314. The minimum Gasteiger partial charge on any atom is -0.398 e. The zero-order valence-corrected chi connectivity index (χ0v) is 12.9. The van der Waals surface area contributed by atoms with Crippen LogP contribution >= 0.6 is 0 Å². The van der Waals surface area contributed by atoms with Crippen LogP contribution in [-0.4, -0.2) is 28.2 Å². The van der Waals surface area contributed by atoms with Gasteiger partial charge in [-0.1, -0.05) is 38.1 Å². The van der Waals surface area contributed by atoms with Gasteiger partial charge in [-0.2, -0.15) is 5.10 Å². The fourth-order valence-corrected chi connectivity index (χ4v) is 2.48. The van der Waals surface area contributed by atoms with Gasteiger partial charge in [0.25, 0.3) is 5.91 Å². The van der Waals surface area contributed by atoms with Crippen molar-refractivity contribution in [1.82, 2.24) is 9.91 Å². The van der Waals surface area contributed by atoms with Gasteiger partial charge in [-0.3, -0.25) is 4.79 Å². The van der Waals surface area contributed by atoms with Gasteiger partial charge in [0.05, 0.1) is 6.54 Å². The molecule has 2 aliphatic rings. The molecular weight excluding hydrogens is 276 g/mol. The monoisotopic (exact) mass is 296 g/mol. The third-order valence-corrected chi connectivity index (χ3v) is 3.82. The standard InChI is InChI=1S/C17H20N4O/c1-12(2)14-5-3-13(4-6-14)9-21-17(22)11-20-10-15(18)7-8-16(20)19-21/h3-8,10,12H,9,11,18H2,1-2H3. The number of benzene rings is 1. The first-order valence-corrected chi connectivity index (χ1v) is 7.43. The van der Waals surface area contributed by atoms with E-state index in [0.29, 0.717) is 18.2 Å². The van der Waals surface area contributed by atoms with Crippen molar-refractivity contribution in [2.75, 3.05) is 6.54 Å². The van der Waals surface area contributed by atoms with E-state index >= 15 is 0 Å². The minimum absolute atomic E-state index is 0.0314. The lowest BCUT2D eigenvalue weighted by molar-refractivity contribution is -0.132. The third kappa shape index (κ3) is 2.88. The summed E-state index contributed by atoms with van der Waals surface area (Å²) < 4.78 is 0. The Morgan fingerprint density at radius 2 is 1.95 bits per heavy atom. The predicted molar refractivity (Wildman–Crippen MR) is 86.6 cm³/mol. The number of fused-ring (bicyclic) bond motifs is 1. The summed E-state index contributed by atoms with van der Waals surface area (Å²) in [5.41, 5.74) is 8.73. The Labute approximate surface area is 130 Å². The quantitative estimate of drug-likeness (QED) is 0.929. The number of nitrogens with zero attached hydrogens (tertiary/aromatic N) is 3. The second kappa shape index (κ2) is 5.67. The summed E-state index contributed by atoms with van der Waals surface area (Å²) in [5, 5.41) is 5.94. The Kier molecular flexibility index (Phi) is 3.71. The van der Waals surface area contributed by atoms with Crippen molar-refractivity contribution in [2.24, 2.45) is 10.8 Å². The van der Waals surface area contributed by atoms with Gasteiger partial charge in [-0.15, -0.1) is 0 Å². The van der Waals surface area contributed by atoms with Crippen LogP contribution in [0.15, 0.2) is 53.4 Å². The first-order valence-electron chi connectivity index (χ1n) is 7.43. The maximum Gasteiger partial charge on any atom is 0.263 e. The molecule has 5 nitrogen and oxygen atoms in total. The smallest absolute Gasteiger partial charge is 0.263 e. The molecule has 0 aromatic heterocycles. The van der Waals surface area contributed by atoms with E-state index in [1.165, 1.54) is 10.6 Å². The topological polar surface area (TPSA) is 61.9 Å². The lowest BCUT2D eigenvalue weighted by Crippen LogP contribution is -2.45. The molecule has 0 bridgehead atoms. The highest BCUT2D eigenvalue weighted by Crippen LogP contribution is 2.18. The van der Waals surface area contributed by atoms with Crippen molar-refractivity contribution in [3.05, 3.63) is 59.4 Å². The van der Waals surface area contributed by atoms with Crippen molar-refractivity contribution >= 4 is 11.7 Å². The summed E-state index contributed by atoms with van der Waals surface area (Å²) in [6, 6.07) is 8.34. The molecule has 22 heavy (non-hydrogen) atoms.